The molecule has 0 amide bonds. The fraction of sp³-hybridized carbons (Fsp3) is 0.250. The normalized spacial score (nSPS) is 14.1. The Bertz CT molecular complexity index is 1820. The summed E-state index contributed by atoms with van der Waals surface area (Å²) in [5.74, 6) is -0.143. The fourth-order valence-electron chi connectivity index (χ4n) is 5.23. The number of hydrogen-bond donors (Lipinski definition) is 1. The van der Waals surface area contributed by atoms with E-state index in [1.54, 1.807) is 56.3 Å². The summed E-state index contributed by atoms with van der Waals surface area (Å²) >= 11 is 0. The van der Waals surface area contributed by atoms with E-state index in [9.17, 15) is 21.6 Å². The quantitative estimate of drug-likeness (QED) is 0.366. The number of sulfonamides is 1. The molecule has 1 aliphatic rings. The largest absolute Gasteiger partial charge is 0.294 e. The number of carbonyl (C=O) groups excluding carboxylic acids is 1. The molecule has 1 N–H and O–H groups in total. The highest BCUT2D eigenvalue weighted by Gasteiger charge is 2.32. The van der Waals surface area contributed by atoms with Gasteiger partial charge in [0, 0.05) is 28.8 Å². The van der Waals surface area contributed by atoms with E-state index in [1.165, 1.54) is 10.0 Å². The van der Waals surface area contributed by atoms with E-state index in [2.05, 4.69) is 4.72 Å². The lowest BCUT2D eigenvalue weighted by molar-refractivity contribution is 0.0974. The first-order valence-corrected chi connectivity index (χ1v) is 15.0. The van der Waals surface area contributed by atoms with Crippen molar-refractivity contribution in [1.82, 2.24) is 3.97 Å². The first-order valence-electron chi connectivity index (χ1n) is 12.0. The molecule has 0 radical (unpaired) electrons. The molecule has 1 aliphatic carbocycles. The Morgan fingerprint density at radius 2 is 1.38 bits per heavy atom. The zero-order chi connectivity index (χ0) is 26.7. The van der Waals surface area contributed by atoms with Crippen molar-refractivity contribution in [3.05, 3.63) is 88.1 Å². The number of aryl methyl sites for hydroxylation is 4. The van der Waals surface area contributed by atoms with Gasteiger partial charge in [0.05, 0.1) is 15.3 Å². The van der Waals surface area contributed by atoms with Gasteiger partial charge in [-0.05, 0) is 82.0 Å². The van der Waals surface area contributed by atoms with Crippen molar-refractivity contribution in [2.45, 2.75) is 56.7 Å². The lowest BCUT2D eigenvalue weighted by atomic mass is 9.94. The minimum absolute atomic E-state index is 0.143. The van der Waals surface area contributed by atoms with Crippen LogP contribution < -0.4 is 4.72 Å². The summed E-state index contributed by atoms with van der Waals surface area (Å²) in [6, 6.07) is 14.9. The zero-order valence-corrected chi connectivity index (χ0v) is 22.8. The number of ketones is 1. The molecule has 0 atom stereocenters. The third kappa shape index (κ3) is 4.26. The number of benzene rings is 3. The van der Waals surface area contributed by atoms with E-state index in [-0.39, 0.29) is 21.3 Å². The number of aromatic nitrogens is 1. The van der Waals surface area contributed by atoms with Crippen LogP contribution in [0.1, 0.15) is 51.1 Å². The van der Waals surface area contributed by atoms with Gasteiger partial charge < -0.3 is 0 Å². The van der Waals surface area contributed by atoms with Crippen molar-refractivity contribution in [3.8, 4) is 0 Å². The maximum absolute atomic E-state index is 13.9. The third-order valence-electron chi connectivity index (χ3n) is 6.84. The number of rotatable bonds is 5. The van der Waals surface area contributed by atoms with Crippen molar-refractivity contribution in [2.75, 3.05) is 4.72 Å². The van der Waals surface area contributed by atoms with E-state index < -0.39 is 20.0 Å². The molecule has 1 aromatic heterocycles. The van der Waals surface area contributed by atoms with Crippen LogP contribution in [0, 0.1) is 27.7 Å². The molecule has 1 heterocycles. The molecule has 0 unspecified atom stereocenters. The highest BCUT2D eigenvalue weighted by atomic mass is 32.2. The standard InChI is InChI=1S/C28H28N2O5S2/c1-17-8-12-26(19(3)14-17)36(32,33)29-21-10-11-23-22(16-21)28-24(6-5-7-25(28)31)30(23)37(34,35)27-13-9-18(2)15-20(27)4/h8-16,29H,5-7H2,1-4H3. The Hall–Kier alpha value is -3.43. The second-order valence-corrected chi connectivity index (χ2v) is 13.1. The average molecular weight is 537 g/mol. The van der Waals surface area contributed by atoms with E-state index in [0.29, 0.717) is 52.5 Å². The van der Waals surface area contributed by atoms with E-state index in [4.69, 9.17) is 0 Å². The average Bonchev–Trinajstić information content (AvgIpc) is 3.13. The Morgan fingerprint density at radius 3 is 2.00 bits per heavy atom. The lowest BCUT2D eigenvalue weighted by Gasteiger charge is -2.17. The van der Waals surface area contributed by atoms with E-state index in [0.717, 1.165) is 11.1 Å². The van der Waals surface area contributed by atoms with E-state index >= 15 is 0 Å². The van der Waals surface area contributed by atoms with Crippen molar-refractivity contribution < 1.29 is 21.6 Å². The summed E-state index contributed by atoms with van der Waals surface area (Å²) in [5, 5.41) is 0.425. The molecular formula is C28H28N2O5S2. The van der Waals surface area contributed by atoms with Gasteiger partial charge in [-0.1, -0.05) is 35.4 Å². The molecule has 7 nitrogen and oxygen atoms in total. The SMILES string of the molecule is Cc1ccc(S(=O)(=O)Nc2ccc3c(c2)c2c(n3S(=O)(=O)c3ccc(C)cc3C)CCCC2=O)c(C)c1. The van der Waals surface area contributed by atoms with Gasteiger partial charge in [-0.15, -0.1) is 0 Å². The van der Waals surface area contributed by atoms with Crippen LogP contribution in [-0.2, 0) is 26.5 Å². The zero-order valence-electron chi connectivity index (χ0n) is 21.1. The number of carbonyl (C=O) groups is 1. The summed E-state index contributed by atoms with van der Waals surface area (Å²) in [4.78, 5) is 13.4. The van der Waals surface area contributed by atoms with Gasteiger partial charge in [0.25, 0.3) is 20.0 Å². The molecule has 0 aliphatic heterocycles. The van der Waals surface area contributed by atoms with Crippen LogP contribution in [-0.4, -0.2) is 26.6 Å². The predicted molar refractivity (Wildman–Crippen MR) is 144 cm³/mol. The Balaban J connectivity index is 1.69. The van der Waals surface area contributed by atoms with Crippen LogP contribution in [0.25, 0.3) is 10.9 Å². The van der Waals surface area contributed by atoms with Gasteiger partial charge in [0.1, 0.15) is 0 Å². The molecule has 0 bridgehead atoms. The Kier molecular flexibility index (Phi) is 6.03. The molecule has 0 saturated carbocycles. The van der Waals surface area contributed by atoms with Crippen molar-refractivity contribution >= 4 is 42.4 Å². The van der Waals surface area contributed by atoms with Crippen LogP contribution >= 0.6 is 0 Å². The summed E-state index contributed by atoms with van der Waals surface area (Å²) < 4.78 is 58.0. The van der Waals surface area contributed by atoms with Crippen LogP contribution in [0.15, 0.2) is 64.4 Å². The second kappa shape index (κ2) is 8.85. The number of nitrogens with one attached hydrogen (secondary N) is 1. The Morgan fingerprint density at radius 1 is 0.757 bits per heavy atom. The number of Topliss-reactive ketones (excluding diaryl/α,β-unsaturated/α-hetero) is 1. The van der Waals surface area contributed by atoms with Crippen LogP contribution in [0.5, 0.6) is 0 Å². The second-order valence-electron chi connectivity index (χ2n) is 9.74. The monoisotopic (exact) mass is 536 g/mol. The first kappa shape index (κ1) is 25.2. The predicted octanol–water partition coefficient (Wildman–Crippen LogP) is 5.43. The topological polar surface area (TPSA) is 102 Å². The molecule has 5 rings (SSSR count). The molecule has 4 aromatic rings. The minimum Gasteiger partial charge on any atom is -0.294 e. The first-order chi connectivity index (χ1) is 17.4. The maximum Gasteiger partial charge on any atom is 0.268 e. The van der Waals surface area contributed by atoms with Crippen molar-refractivity contribution in [3.63, 3.8) is 0 Å². The molecule has 3 aromatic carbocycles. The van der Waals surface area contributed by atoms with Gasteiger partial charge in [-0.3, -0.25) is 9.52 Å². The molecule has 0 saturated heterocycles. The molecule has 192 valence electrons. The molecule has 0 spiro atoms. The fourth-order valence-corrected chi connectivity index (χ4v) is 8.30. The third-order valence-corrected chi connectivity index (χ3v) is 10.3. The number of anilines is 1. The number of hydrogen-bond acceptors (Lipinski definition) is 5. The summed E-state index contributed by atoms with van der Waals surface area (Å²) in [6.45, 7) is 7.28. The van der Waals surface area contributed by atoms with Crippen LogP contribution in [0.4, 0.5) is 5.69 Å². The van der Waals surface area contributed by atoms with Crippen molar-refractivity contribution in [1.29, 1.82) is 0 Å². The summed E-state index contributed by atoms with van der Waals surface area (Å²) in [6.07, 6.45) is 1.30. The highest BCUT2D eigenvalue weighted by Crippen LogP contribution is 2.37. The maximum atomic E-state index is 13.9. The molecule has 37 heavy (non-hydrogen) atoms. The van der Waals surface area contributed by atoms with Crippen molar-refractivity contribution in [2.24, 2.45) is 0 Å². The van der Waals surface area contributed by atoms with E-state index in [1.807, 2.05) is 19.9 Å². The van der Waals surface area contributed by atoms with Gasteiger partial charge in [-0.25, -0.2) is 20.8 Å². The lowest BCUT2D eigenvalue weighted by Crippen LogP contribution is -2.20. The number of fused-ring (bicyclic) bond motifs is 3. The van der Waals surface area contributed by atoms with Gasteiger partial charge in [0.15, 0.2) is 5.78 Å². The van der Waals surface area contributed by atoms with Gasteiger partial charge in [-0.2, -0.15) is 0 Å². The highest BCUT2D eigenvalue weighted by molar-refractivity contribution is 7.92. The minimum atomic E-state index is -4.01. The molecule has 9 heteroatoms. The summed E-state index contributed by atoms with van der Waals surface area (Å²) in [5.41, 5.74) is 4.55. The van der Waals surface area contributed by atoms with Gasteiger partial charge in [0.2, 0.25) is 0 Å². The van der Waals surface area contributed by atoms with Crippen LogP contribution in [0.3, 0.4) is 0 Å². The number of nitrogens with zero attached hydrogens (tertiary/aromatic N) is 1. The van der Waals surface area contributed by atoms with Gasteiger partial charge >= 0.3 is 0 Å². The smallest absolute Gasteiger partial charge is 0.268 e. The summed E-state index contributed by atoms with van der Waals surface area (Å²) in [7, 11) is -7.91. The Labute approximate surface area is 217 Å². The molecule has 0 fully saturated rings. The van der Waals surface area contributed by atoms with Crippen LogP contribution in [0.2, 0.25) is 0 Å². The molecular weight excluding hydrogens is 508 g/mol.